The van der Waals surface area contributed by atoms with Gasteiger partial charge in [0.25, 0.3) is 0 Å². The summed E-state index contributed by atoms with van der Waals surface area (Å²) in [7, 11) is 0. The van der Waals surface area contributed by atoms with Gasteiger partial charge in [0, 0.05) is 6.54 Å². The lowest BCUT2D eigenvalue weighted by molar-refractivity contribution is -0.123. The van der Waals surface area contributed by atoms with E-state index in [1.165, 1.54) is 6.92 Å². The summed E-state index contributed by atoms with van der Waals surface area (Å²) in [5, 5.41) is 2.42. The quantitative estimate of drug-likeness (QED) is 0.653. The molecule has 0 aliphatic carbocycles. The van der Waals surface area contributed by atoms with Crippen LogP contribution in [0.5, 0.6) is 0 Å². The molecule has 3 nitrogen and oxygen atoms in total. The van der Waals surface area contributed by atoms with Crippen LogP contribution < -0.4 is 11.1 Å². The van der Waals surface area contributed by atoms with Crippen molar-refractivity contribution in [3.63, 3.8) is 0 Å². The molecule has 0 saturated carbocycles. The Bertz CT molecular complexity index is 148. The lowest BCUT2D eigenvalue weighted by Gasteiger charge is -2.15. The molecule has 0 spiro atoms. The molecule has 0 heterocycles. The molecule has 12 heavy (non-hydrogen) atoms. The SMILES string of the molecule is CC(F)CNC(=O)C(N)C(C)C. The molecular weight excluding hydrogens is 159 g/mol. The number of hydrogen-bond donors (Lipinski definition) is 2. The zero-order valence-electron chi connectivity index (χ0n) is 7.80. The molecule has 0 bridgehead atoms. The Morgan fingerprint density at radius 3 is 2.33 bits per heavy atom. The number of halogens is 1. The Morgan fingerprint density at radius 2 is 2.00 bits per heavy atom. The lowest BCUT2D eigenvalue weighted by Crippen LogP contribution is -2.45. The van der Waals surface area contributed by atoms with E-state index in [4.69, 9.17) is 5.73 Å². The molecule has 0 aliphatic heterocycles. The van der Waals surface area contributed by atoms with E-state index in [0.29, 0.717) is 0 Å². The number of carbonyl (C=O) groups is 1. The van der Waals surface area contributed by atoms with E-state index < -0.39 is 12.2 Å². The van der Waals surface area contributed by atoms with Gasteiger partial charge in [-0.1, -0.05) is 13.8 Å². The summed E-state index contributed by atoms with van der Waals surface area (Å²) in [6.07, 6.45) is -1.02. The third-order valence-corrected chi connectivity index (χ3v) is 1.58. The Labute approximate surface area is 72.5 Å². The number of nitrogens with two attached hydrogens (primary N) is 1. The Hall–Kier alpha value is -0.640. The van der Waals surface area contributed by atoms with Gasteiger partial charge in [0.15, 0.2) is 0 Å². The van der Waals surface area contributed by atoms with Gasteiger partial charge in [-0.3, -0.25) is 4.79 Å². The third kappa shape index (κ3) is 4.28. The van der Waals surface area contributed by atoms with Gasteiger partial charge in [0.05, 0.1) is 6.04 Å². The van der Waals surface area contributed by atoms with Crippen LogP contribution in [-0.2, 0) is 4.79 Å². The van der Waals surface area contributed by atoms with Gasteiger partial charge in [-0.05, 0) is 12.8 Å². The van der Waals surface area contributed by atoms with Crippen molar-refractivity contribution in [1.82, 2.24) is 5.32 Å². The predicted octanol–water partition coefficient (Wildman–Crippen LogP) is 0.444. The first-order chi connectivity index (χ1) is 5.45. The minimum Gasteiger partial charge on any atom is -0.352 e. The molecule has 2 unspecified atom stereocenters. The van der Waals surface area contributed by atoms with E-state index >= 15 is 0 Å². The van der Waals surface area contributed by atoms with Gasteiger partial charge in [-0.2, -0.15) is 0 Å². The van der Waals surface area contributed by atoms with Crippen molar-refractivity contribution in [2.75, 3.05) is 6.54 Å². The van der Waals surface area contributed by atoms with Crippen LogP contribution in [0.2, 0.25) is 0 Å². The molecule has 0 aromatic heterocycles. The van der Waals surface area contributed by atoms with E-state index in [-0.39, 0.29) is 18.4 Å². The smallest absolute Gasteiger partial charge is 0.237 e. The highest BCUT2D eigenvalue weighted by atomic mass is 19.1. The maximum atomic E-state index is 12.3. The van der Waals surface area contributed by atoms with E-state index in [1.807, 2.05) is 13.8 Å². The molecule has 0 aromatic rings. The Morgan fingerprint density at radius 1 is 1.50 bits per heavy atom. The fourth-order valence-corrected chi connectivity index (χ4v) is 0.662. The van der Waals surface area contributed by atoms with Crippen LogP contribution in [0.25, 0.3) is 0 Å². The number of hydrogen-bond acceptors (Lipinski definition) is 2. The van der Waals surface area contributed by atoms with Crippen LogP contribution in [-0.4, -0.2) is 24.7 Å². The summed E-state index contributed by atoms with van der Waals surface area (Å²) in [6.45, 7) is 5.13. The van der Waals surface area contributed by atoms with E-state index in [9.17, 15) is 9.18 Å². The first-order valence-electron chi connectivity index (χ1n) is 4.12. The van der Waals surface area contributed by atoms with Crippen LogP contribution in [0.4, 0.5) is 4.39 Å². The van der Waals surface area contributed by atoms with E-state index in [0.717, 1.165) is 0 Å². The summed E-state index contributed by atoms with van der Waals surface area (Å²) >= 11 is 0. The molecule has 3 N–H and O–H groups in total. The monoisotopic (exact) mass is 176 g/mol. The summed E-state index contributed by atoms with van der Waals surface area (Å²) < 4.78 is 12.3. The van der Waals surface area contributed by atoms with Crippen LogP contribution in [0.3, 0.4) is 0 Å². The minimum atomic E-state index is -1.02. The van der Waals surface area contributed by atoms with Crippen molar-refractivity contribution in [3.05, 3.63) is 0 Å². The number of rotatable bonds is 4. The van der Waals surface area contributed by atoms with E-state index in [1.54, 1.807) is 0 Å². The van der Waals surface area contributed by atoms with Gasteiger partial charge in [-0.15, -0.1) is 0 Å². The molecule has 0 fully saturated rings. The van der Waals surface area contributed by atoms with Gasteiger partial charge in [0.1, 0.15) is 6.17 Å². The number of nitrogens with one attached hydrogen (secondary N) is 1. The zero-order chi connectivity index (χ0) is 9.72. The van der Waals surface area contributed by atoms with Crippen molar-refractivity contribution >= 4 is 5.91 Å². The molecular formula is C8H17FN2O. The second-order valence-corrected chi connectivity index (χ2v) is 3.30. The predicted molar refractivity (Wildman–Crippen MR) is 46.4 cm³/mol. The van der Waals surface area contributed by atoms with Gasteiger partial charge >= 0.3 is 0 Å². The van der Waals surface area contributed by atoms with Crippen molar-refractivity contribution in [3.8, 4) is 0 Å². The second kappa shape index (κ2) is 5.09. The Kier molecular flexibility index (Phi) is 4.81. The molecule has 0 aromatic carbocycles. The minimum absolute atomic E-state index is 0.0409. The highest BCUT2D eigenvalue weighted by Gasteiger charge is 2.16. The van der Waals surface area contributed by atoms with Gasteiger partial charge < -0.3 is 11.1 Å². The molecule has 0 rings (SSSR count). The molecule has 72 valence electrons. The molecule has 0 saturated heterocycles. The Balaban J connectivity index is 3.72. The average molecular weight is 176 g/mol. The highest BCUT2D eigenvalue weighted by Crippen LogP contribution is 1.97. The van der Waals surface area contributed by atoms with Crippen molar-refractivity contribution in [2.45, 2.75) is 33.0 Å². The number of alkyl halides is 1. The van der Waals surface area contributed by atoms with Crippen LogP contribution in [0.1, 0.15) is 20.8 Å². The lowest BCUT2D eigenvalue weighted by atomic mass is 10.1. The average Bonchev–Trinajstić information content (AvgIpc) is 1.98. The standard InChI is InChI=1S/C8H17FN2O/c1-5(2)7(10)8(12)11-4-6(3)9/h5-7H,4,10H2,1-3H3,(H,11,12). The molecule has 1 amide bonds. The van der Waals surface area contributed by atoms with Crippen molar-refractivity contribution in [1.29, 1.82) is 0 Å². The van der Waals surface area contributed by atoms with Crippen LogP contribution >= 0.6 is 0 Å². The summed E-state index contributed by atoms with van der Waals surface area (Å²) in [5.74, 6) is -0.200. The van der Waals surface area contributed by atoms with Crippen LogP contribution in [0, 0.1) is 5.92 Å². The topological polar surface area (TPSA) is 55.1 Å². The second-order valence-electron chi connectivity index (χ2n) is 3.30. The number of carbonyl (C=O) groups excluding carboxylic acids is 1. The molecule has 0 radical (unpaired) electrons. The normalized spacial score (nSPS) is 15.8. The van der Waals surface area contributed by atoms with Gasteiger partial charge in [0.2, 0.25) is 5.91 Å². The number of amides is 1. The maximum absolute atomic E-state index is 12.3. The van der Waals surface area contributed by atoms with Gasteiger partial charge in [-0.25, -0.2) is 4.39 Å². The first kappa shape index (κ1) is 11.4. The maximum Gasteiger partial charge on any atom is 0.237 e. The molecule has 0 aliphatic rings. The fourth-order valence-electron chi connectivity index (χ4n) is 0.662. The largest absolute Gasteiger partial charge is 0.352 e. The van der Waals surface area contributed by atoms with Crippen molar-refractivity contribution < 1.29 is 9.18 Å². The summed E-state index contributed by atoms with van der Waals surface area (Å²) in [4.78, 5) is 11.1. The fraction of sp³-hybridized carbons (Fsp3) is 0.875. The van der Waals surface area contributed by atoms with E-state index in [2.05, 4.69) is 5.32 Å². The van der Waals surface area contributed by atoms with Crippen molar-refractivity contribution in [2.24, 2.45) is 11.7 Å². The first-order valence-corrected chi connectivity index (χ1v) is 4.12. The molecule has 4 heteroatoms. The summed E-state index contributed by atoms with van der Waals surface area (Å²) in [5.41, 5.74) is 5.51. The highest BCUT2D eigenvalue weighted by molar-refractivity contribution is 5.81. The summed E-state index contributed by atoms with van der Waals surface area (Å²) in [6, 6.07) is -0.538. The van der Waals surface area contributed by atoms with Crippen LogP contribution in [0.15, 0.2) is 0 Å². The zero-order valence-corrected chi connectivity index (χ0v) is 7.80. The molecule has 2 atom stereocenters. The third-order valence-electron chi connectivity index (χ3n) is 1.58.